The fraction of sp³-hybridized carbons (Fsp3) is 0.217. The van der Waals surface area contributed by atoms with Gasteiger partial charge in [-0.15, -0.1) is 0 Å². The zero-order valence-electron chi connectivity index (χ0n) is 16.0. The third-order valence-corrected chi connectivity index (χ3v) is 5.12. The summed E-state index contributed by atoms with van der Waals surface area (Å²) in [6.45, 7) is 2.01. The van der Waals surface area contributed by atoms with Gasteiger partial charge in [-0.25, -0.2) is 4.39 Å². The van der Waals surface area contributed by atoms with Crippen LogP contribution in [0.5, 0.6) is 0 Å². The first-order valence-corrected chi connectivity index (χ1v) is 9.25. The van der Waals surface area contributed by atoms with Crippen molar-refractivity contribution in [2.45, 2.75) is 25.8 Å². The number of halogens is 1. The molecular weight excluding hydrogens is 355 g/mol. The standard InChI is InChI=1S/C23H23FN2O2/c1-3-18(14-15-10-12-17(24)13-11-15)26(2)23(28)20-9-5-7-16-6-4-8-19(21(16)20)22(25)27/h4-13,18H,3,14H2,1-2H3,(H2,25,27). The van der Waals surface area contributed by atoms with E-state index in [1.807, 2.05) is 19.1 Å². The predicted molar refractivity (Wildman–Crippen MR) is 109 cm³/mol. The minimum Gasteiger partial charge on any atom is -0.366 e. The molecule has 0 radical (unpaired) electrons. The Morgan fingerprint density at radius 3 is 2.18 bits per heavy atom. The first kappa shape index (κ1) is 19.5. The van der Waals surface area contributed by atoms with Crippen LogP contribution in [0.15, 0.2) is 60.7 Å². The summed E-state index contributed by atoms with van der Waals surface area (Å²) in [5.74, 6) is -1.02. The van der Waals surface area contributed by atoms with Crippen LogP contribution in [-0.4, -0.2) is 29.8 Å². The second-order valence-corrected chi connectivity index (χ2v) is 6.88. The van der Waals surface area contributed by atoms with Crippen molar-refractivity contribution in [3.8, 4) is 0 Å². The molecule has 0 aromatic heterocycles. The van der Waals surface area contributed by atoms with Gasteiger partial charge < -0.3 is 10.6 Å². The molecular formula is C23H23FN2O2. The number of nitrogens with zero attached hydrogens (tertiary/aromatic N) is 1. The van der Waals surface area contributed by atoms with Crippen LogP contribution in [0.25, 0.3) is 10.8 Å². The quantitative estimate of drug-likeness (QED) is 0.700. The molecule has 144 valence electrons. The highest BCUT2D eigenvalue weighted by Crippen LogP contribution is 2.25. The van der Waals surface area contributed by atoms with E-state index in [-0.39, 0.29) is 17.8 Å². The molecule has 3 rings (SSSR count). The van der Waals surface area contributed by atoms with Crippen molar-refractivity contribution >= 4 is 22.6 Å². The Morgan fingerprint density at radius 2 is 1.61 bits per heavy atom. The van der Waals surface area contributed by atoms with Gasteiger partial charge in [-0.3, -0.25) is 9.59 Å². The summed E-state index contributed by atoms with van der Waals surface area (Å²) in [7, 11) is 1.76. The molecule has 0 fully saturated rings. The Morgan fingerprint density at radius 1 is 1.00 bits per heavy atom. The van der Waals surface area contributed by atoms with Gasteiger partial charge in [0.1, 0.15) is 5.82 Å². The van der Waals surface area contributed by atoms with Gasteiger partial charge in [0.15, 0.2) is 0 Å². The zero-order chi connectivity index (χ0) is 20.3. The first-order valence-electron chi connectivity index (χ1n) is 9.25. The number of primary amides is 1. The molecule has 0 saturated heterocycles. The molecule has 0 aliphatic rings. The topological polar surface area (TPSA) is 63.4 Å². The van der Waals surface area contributed by atoms with Gasteiger partial charge in [0.25, 0.3) is 5.91 Å². The first-order chi connectivity index (χ1) is 13.4. The molecule has 1 unspecified atom stereocenters. The maximum atomic E-state index is 13.3. The van der Waals surface area contributed by atoms with Crippen molar-refractivity contribution in [2.24, 2.45) is 5.73 Å². The van der Waals surface area contributed by atoms with E-state index in [9.17, 15) is 14.0 Å². The molecule has 5 heteroatoms. The van der Waals surface area contributed by atoms with Gasteiger partial charge >= 0.3 is 0 Å². The average Bonchev–Trinajstić information content (AvgIpc) is 2.71. The fourth-order valence-corrected chi connectivity index (χ4v) is 3.53. The number of nitrogens with two attached hydrogens (primary N) is 1. The van der Waals surface area contributed by atoms with Crippen LogP contribution in [0.4, 0.5) is 4.39 Å². The van der Waals surface area contributed by atoms with Crippen LogP contribution in [0.1, 0.15) is 39.6 Å². The highest BCUT2D eigenvalue weighted by atomic mass is 19.1. The SMILES string of the molecule is CCC(Cc1ccc(F)cc1)N(C)C(=O)c1cccc2cccc(C(N)=O)c12. The molecule has 2 amide bonds. The largest absolute Gasteiger partial charge is 0.366 e. The fourth-order valence-electron chi connectivity index (χ4n) is 3.53. The van der Waals surface area contributed by atoms with Gasteiger partial charge in [0.05, 0.1) is 0 Å². The Bertz CT molecular complexity index is 1010. The van der Waals surface area contributed by atoms with E-state index >= 15 is 0 Å². The number of carbonyl (C=O) groups excluding carboxylic acids is 2. The lowest BCUT2D eigenvalue weighted by Gasteiger charge is -2.28. The van der Waals surface area contributed by atoms with E-state index < -0.39 is 5.91 Å². The van der Waals surface area contributed by atoms with Crippen LogP contribution in [0.2, 0.25) is 0 Å². The van der Waals surface area contributed by atoms with Crippen LogP contribution in [-0.2, 0) is 6.42 Å². The molecule has 0 heterocycles. The van der Waals surface area contributed by atoms with Gasteiger partial charge in [0.2, 0.25) is 5.91 Å². The van der Waals surface area contributed by atoms with E-state index in [2.05, 4.69) is 0 Å². The van der Waals surface area contributed by atoms with E-state index in [1.165, 1.54) is 12.1 Å². The van der Waals surface area contributed by atoms with Crippen molar-refractivity contribution in [1.82, 2.24) is 4.90 Å². The highest BCUT2D eigenvalue weighted by molar-refractivity contribution is 6.15. The van der Waals surface area contributed by atoms with Crippen molar-refractivity contribution in [1.29, 1.82) is 0 Å². The number of rotatable bonds is 6. The predicted octanol–water partition coefficient (Wildman–Crippen LogP) is 4.17. The summed E-state index contributed by atoms with van der Waals surface area (Å²) in [4.78, 5) is 26.9. The van der Waals surface area contributed by atoms with Crippen LogP contribution in [0.3, 0.4) is 0 Å². The number of hydrogen-bond donors (Lipinski definition) is 1. The number of hydrogen-bond acceptors (Lipinski definition) is 2. The molecule has 2 N–H and O–H groups in total. The number of fused-ring (bicyclic) bond motifs is 1. The van der Waals surface area contributed by atoms with Crippen molar-refractivity contribution in [3.05, 3.63) is 83.2 Å². The summed E-state index contributed by atoms with van der Waals surface area (Å²) in [6.07, 6.45) is 1.36. The van der Waals surface area contributed by atoms with Crippen LogP contribution in [0, 0.1) is 5.82 Å². The van der Waals surface area contributed by atoms with Crippen molar-refractivity contribution in [2.75, 3.05) is 7.05 Å². The second-order valence-electron chi connectivity index (χ2n) is 6.88. The molecule has 0 aliphatic carbocycles. The zero-order valence-corrected chi connectivity index (χ0v) is 16.0. The highest BCUT2D eigenvalue weighted by Gasteiger charge is 2.23. The molecule has 0 aliphatic heterocycles. The van der Waals surface area contributed by atoms with E-state index in [0.29, 0.717) is 22.9 Å². The van der Waals surface area contributed by atoms with Gasteiger partial charge in [-0.2, -0.15) is 0 Å². The third kappa shape index (κ3) is 3.88. The molecule has 28 heavy (non-hydrogen) atoms. The molecule has 3 aromatic rings. The average molecular weight is 378 g/mol. The molecule has 1 atom stereocenters. The second kappa shape index (κ2) is 8.21. The lowest BCUT2D eigenvalue weighted by Crippen LogP contribution is -2.38. The summed E-state index contributed by atoms with van der Waals surface area (Å²) >= 11 is 0. The molecule has 3 aromatic carbocycles. The number of carbonyl (C=O) groups is 2. The number of benzene rings is 3. The van der Waals surface area contributed by atoms with Crippen LogP contribution < -0.4 is 5.73 Å². The Balaban J connectivity index is 1.96. The Kier molecular flexibility index (Phi) is 5.73. The van der Waals surface area contributed by atoms with E-state index in [4.69, 9.17) is 5.73 Å². The third-order valence-electron chi connectivity index (χ3n) is 5.12. The molecule has 4 nitrogen and oxygen atoms in total. The smallest absolute Gasteiger partial charge is 0.254 e. The maximum Gasteiger partial charge on any atom is 0.254 e. The molecule has 0 spiro atoms. The summed E-state index contributed by atoms with van der Waals surface area (Å²) in [5.41, 5.74) is 7.28. The summed E-state index contributed by atoms with van der Waals surface area (Å²) in [5, 5.41) is 1.37. The molecule has 0 bridgehead atoms. The maximum absolute atomic E-state index is 13.3. The minimum absolute atomic E-state index is 0.0612. The Hall–Kier alpha value is -3.21. The normalized spacial score (nSPS) is 12.0. The minimum atomic E-state index is -0.563. The van der Waals surface area contributed by atoms with Gasteiger partial charge in [-0.05, 0) is 48.1 Å². The van der Waals surface area contributed by atoms with Gasteiger partial charge in [0, 0.05) is 29.6 Å². The van der Waals surface area contributed by atoms with Crippen molar-refractivity contribution < 1.29 is 14.0 Å². The molecule has 0 saturated carbocycles. The Labute approximate surface area is 163 Å². The van der Waals surface area contributed by atoms with E-state index in [1.54, 1.807) is 48.3 Å². The summed E-state index contributed by atoms with van der Waals surface area (Å²) < 4.78 is 13.2. The number of likely N-dealkylation sites (N-methyl/N-ethyl adjacent to an activating group) is 1. The lowest BCUT2D eigenvalue weighted by molar-refractivity contribution is 0.0729. The summed E-state index contributed by atoms with van der Waals surface area (Å²) in [6, 6.07) is 16.9. The lowest BCUT2D eigenvalue weighted by atomic mass is 9.96. The van der Waals surface area contributed by atoms with E-state index in [0.717, 1.165) is 17.4 Å². The van der Waals surface area contributed by atoms with Crippen LogP contribution >= 0.6 is 0 Å². The monoisotopic (exact) mass is 378 g/mol. The number of amides is 2. The van der Waals surface area contributed by atoms with Crippen molar-refractivity contribution in [3.63, 3.8) is 0 Å². The van der Waals surface area contributed by atoms with Gasteiger partial charge in [-0.1, -0.05) is 43.3 Å².